The summed E-state index contributed by atoms with van der Waals surface area (Å²) in [4.78, 5) is 30.5. The van der Waals surface area contributed by atoms with E-state index in [1.807, 2.05) is 73.5 Å². The second kappa shape index (κ2) is 7.35. The van der Waals surface area contributed by atoms with Gasteiger partial charge in [0.1, 0.15) is 5.69 Å². The molecule has 2 aromatic carbocycles. The number of fused-ring (bicyclic) bond motifs is 1. The first-order chi connectivity index (χ1) is 13.6. The van der Waals surface area contributed by atoms with Crippen LogP contribution in [0.4, 0.5) is 17.1 Å². The Kier molecular flexibility index (Phi) is 4.74. The lowest BCUT2D eigenvalue weighted by Crippen LogP contribution is -2.17. The van der Waals surface area contributed by atoms with Gasteiger partial charge in [-0.1, -0.05) is 30.3 Å². The summed E-state index contributed by atoms with van der Waals surface area (Å²) >= 11 is 0. The molecule has 1 amide bonds. The van der Waals surface area contributed by atoms with Crippen molar-refractivity contribution in [2.45, 2.75) is 26.2 Å². The maximum atomic E-state index is 13.0. The molecule has 1 heterocycles. The second-order valence-corrected chi connectivity index (χ2v) is 7.12. The number of amides is 1. The maximum Gasteiger partial charge on any atom is 0.272 e. The monoisotopic (exact) mass is 373 g/mol. The van der Waals surface area contributed by atoms with Gasteiger partial charge in [0, 0.05) is 30.4 Å². The topological polar surface area (TPSA) is 65.2 Å². The molecule has 0 atom stereocenters. The molecule has 5 nitrogen and oxygen atoms in total. The summed E-state index contributed by atoms with van der Waals surface area (Å²) in [5.74, 6) is -0.105. The first kappa shape index (κ1) is 18.0. The molecule has 1 aliphatic rings. The van der Waals surface area contributed by atoms with Crippen molar-refractivity contribution >= 4 is 28.8 Å². The summed E-state index contributed by atoms with van der Waals surface area (Å²) in [7, 11) is 1.97. The van der Waals surface area contributed by atoms with Gasteiger partial charge in [-0.3, -0.25) is 9.59 Å². The normalized spacial score (nSPS) is 13.1. The lowest BCUT2D eigenvalue weighted by Gasteiger charge is -2.22. The molecule has 1 aromatic heterocycles. The summed E-state index contributed by atoms with van der Waals surface area (Å²) in [6.07, 6.45) is 2.19. The fraction of sp³-hybridized carbons (Fsp3) is 0.217. The Morgan fingerprint density at radius 1 is 1.04 bits per heavy atom. The molecule has 0 unspecified atom stereocenters. The van der Waals surface area contributed by atoms with E-state index in [4.69, 9.17) is 0 Å². The molecule has 142 valence electrons. The third kappa shape index (κ3) is 3.20. The number of benzene rings is 2. The van der Waals surface area contributed by atoms with E-state index in [-0.39, 0.29) is 11.7 Å². The average molecular weight is 373 g/mol. The van der Waals surface area contributed by atoms with Gasteiger partial charge in [0.25, 0.3) is 5.91 Å². The number of aromatic nitrogens is 1. The van der Waals surface area contributed by atoms with E-state index in [0.717, 1.165) is 41.2 Å². The Balaban J connectivity index is 1.64. The maximum absolute atomic E-state index is 13.0. The number of Topliss-reactive ketones (excluding diaryl/α,β-unsaturated/α-hetero) is 1. The average Bonchev–Trinajstić information content (AvgIpc) is 3.06. The number of H-pyrrole nitrogens is 1. The number of aryl methyl sites for hydroxylation is 1. The zero-order chi connectivity index (χ0) is 19.7. The standard InChI is InChI=1S/C23H23N3O2/c1-15-21-18(12-8-14-20(21)27)24-22(15)23(28)25-17-11-6-7-13-19(17)26(2)16-9-4-3-5-10-16/h3-7,9-11,13,24H,8,12,14H2,1-2H3,(H,25,28). The Morgan fingerprint density at radius 2 is 1.75 bits per heavy atom. The van der Waals surface area contributed by atoms with E-state index in [1.54, 1.807) is 0 Å². The quantitative estimate of drug-likeness (QED) is 0.686. The first-order valence-electron chi connectivity index (χ1n) is 9.50. The van der Waals surface area contributed by atoms with Crippen LogP contribution in [-0.2, 0) is 6.42 Å². The minimum atomic E-state index is -0.228. The molecule has 0 bridgehead atoms. The zero-order valence-corrected chi connectivity index (χ0v) is 16.1. The highest BCUT2D eigenvalue weighted by molar-refractivity contribution is 6.09. The highest BCUT2D eigenvalue weighted by Gasteiger charge is 2.26. The van der Waals surface area contributed by atoms with Gasteiger partial charge in [-0.05, 0) is 49.6 Å². The van der Waals surface area contributed by atoms with E-state index in [1.165, 1.54) is 0 Å². The van der Waals surface area contributed by atoms with Crippen LogP contribution in [0.2, 0.25) is 0 Å². The number of para-hydroxylation sites is 3. The molecule has 0 spiro atoms. The molecular weight excluding hydrogens is 350 g/mol. The van der Waals surface area contributed by atoms with E-state index in [9.17, 15) is 9.59 Å². The predicted octanol–water partition coefficient (Wildman–Crippen LogP) is 4.86. The molecular formula is C23H23N3O2. The lowest BCUT2D eigenvalue weighted by atomic mass is 9.94. The molecule has 0 radical (unpaired) electrons. The van der Waals surface area contributed by atoms with Crippen molar-refractivity contribution in [2.75, 3.05) is 17.3 Å². The Labute approximate surface area is 164 Å². The molecule has 0 saturated carbocycles. The highest BCUT2D eigenvalue weighted by atomic mass is 16.2. The van der Waals surface area contributed by atoms with Crippen LogP contribution in [0.5, 0.6) is 0 Å². The fourth-order valence-corrected chi connectivity index (χ4v) is 3.85. The number of ketones is 1. The molecule has 4 rings (SSSR count). The number of hydrogen-bond acceptors (Lipinski definition) is 3. The van der Waals surface area contributed by atoms with Gasteiger partial charge in [-0.15, -0.1) is 0 Å². The van der Waals surface area contributed by atoms with Crippen molar-refractivity contribution in [1.29, 1.82) is 0 Å². The number of anilines is 3. The van der Waals surface area contributed by atoms with Crippen LogP contribution in [0, 0.1) is 6.92 Å². The third-order valence-corrected chi connectivity index (χ3v) is 5.32. The summed E-state index contributed by atoms with van der Waals surface area (Å²) in [6.45, 7) is 1.84. The summed E-state index contributed by atoms with van der Waals surface area (Å²) in [5, 5.41) is 3.02. The van der Waals surface area contributed by atoms with E-state index in [2.05, 4.69) is 10.3 Å². The van der Waals surface area contributed by atoms with Gasteiger partial charge < -0.3 is 15.2 Å². The Morgan fingerprint density at radius 3 is 2.50 bits per heavy atom. The summed E-state index contributed by atoms with van der Waals surface area (Å²) < 4.78 is 0. The van der Waals surface area contributed by atoms with Crippen molar-refractivity contribution in [3.63, 3.8) is 0 Å². The SMILES string of the molecule is Cc1c(C(=O)Nc2ccccc2N(C)c2ccccc2)[nH]c2c1C(=O)CCC2. The smallest absolute Gasteiger partial charge is 0.272 e. The molecule has 5 heteroatoms. The number of nitrogens with zero attached hydrogens (tertiary/aromatic N) is 1. The third-order valence-electron chi connectivity index (χ3n) is 5.32. The van der Waals surface area contributed by atoms with Crippen molar-refractivity contribution < 1.29 is 9.59 Å². The Hall–Kier alpha value is -3.34. The van der Waals surface area contributed by atoms with Crippen LogP contribution >= 0.6 is 0 Å². The molecule has 3 aromatic rings. The minimum absolute atomic E-state index is 0.123. The van der Waals surface area contributed by atoms with Crippen molar-refractivity contribution in [3.05, 3.63) is 77.1 Å². The fourth-order valence-electron chi connectivity index (χ4n) is 3.85. The molecule has 2 N–H and O–H groups in total. The van der Waals surface area contributed by atoms with E-state index >= 15 is 0 Å². The number of aromatic amines is 1. The van der Waals surface area contributed by atoms with Crippen LogP contribution in [-0.4, -0.2) is 23.7 Å². The van der Waals surface area contributed by atoms with Gasteiger partial charge in [-0.2, -0.15) is 0 Å². The van der Waals surface area contributed by atoms with Gasteiger partial charge in [0.05, 0.1) is 11.4 Å². The van der Waals surface area contributed by atoms with Crippen molar-refractivity contribution in [1.82, 2.24) is 4.98 Å². The molecule has 0 saturated heterocycles. The van der Waals surface area contributed by atoms with Gasteiger partial charge in [-0.25, -0.2) is 0 Å². The van der Waals surface area contributed by atoms with Crippen LogP contribution in [0.1, 0.15) is 44.9 Å². The molecule has 0 fully saturated rings. The largest absolute Gasteiger partial charge is 0.354 e. The highest BCUT2D eigenvalue weighted by Crippen LogP contribution is 2.32. The van der Waals surface area contributed by atoms with Gasteiger partial charge in [0.15, 0.2) is 5.78 Å². The van der Waals surface area contributed by atoms with E-state index in [0.29, 0.717) is 17.7 Å². The Bertz CT molecular complexity index is 1040. The molecule has 1 aliphatic carbocycles. The molecule has 0 aliphatic heterocycles. The second-order valence-electron chi connectivity index (χ2n) is 7.12. The van der Waals surface area contributed by atoms with Gasteiger partial charge in [0.2, 0.25) is 0 Å². The number of nitrogens with one attached hydrogen (secondary N) is 2. The van der Waals surface area contributed by atoms with Crippen LogP contribution in [0.3, 0.4) is 0 Å². The van der Waals surface area contributed by atoms with Crippen LogP contribution in [0.15, 0.2) is 54.6 Å². The predicted molar refractivity (Wildman–Crippen MR) is 112 cm³/mol. The zero-order valence-electron chi connectivity index (χ0n) is 16.1. The van der Waals surface area contributed by atoms with Crippen LogP contribution in [0.25, 0.3) is 0 Å². The summed E-state index contributed by atoms with van der Waals surface area (Å²) in [5.41, 5.74) is 5.44. The number of carbonyl (C=O) groups is 2. The first-order valence-corrected chi connectivity index (χ1v) is 9.50. The number of carbonyl (C=O) groups excluding carboxylic acids is 2. The van der Waals surface area contributed by atoms with E-state index < -0.39 is 0 Å². The summed E-state index contributed by atoms with van der Waals surface area (Å²) in [6, 6.07) is 17.7. The molecule has 28 heavy (non-hydrogen) atoms. The van der Waals surface area contributed by atoms with Crippen molar-refractivity contribution in [2.24, 2.45) is 0 Å². The lowest BCUT2D eigenvalue weighted by molar-refractivity contribution is 0.0971. The van der Waals surface area contributed by atoms with Gasteiger partial charge >= 0.3 is 0 Å². The van der Waals surface area contributed by atoms with Crippen molar-refractivity contribution in [3.8, 4) is 0 Å². The minimum Gasteiger partial charge on any atom is -0.354 e. The van der Waals surface area contributed by atoms with Crippen LogP contribution < -0.4 is 10.2 Å². The number of hydrogen-bond donors (Lipinski definition) is 2. The number of rotatable bonds is 4.